The average Bonchev–Trinajstić information content (AvgIpc) is 2.70. The number of nitrogens with two attached hydrogens (primary N) is 1. The van der Waals surface area contributed by atoms with E-state index in [9.17, 15) is 0 Å². The van der Waals surface area contributed by atoms with Crippen molar-refractivity contribution in [2.24, 2.45) is 5.73 Å². The molecule has 0 saturated heterocycles. The molecule has 1 unspecified atom stereocenters. The normalized spacial score (nSPS) is 13.1. The molecule has 0 fully saturated rings. The number of pyridine rings is 1. The number of halogens is 1. The molecule has 1 atom stereocenters. The number of nitrogens with zero attached hydrogens (tertiary/aromatic N) is 2. The molecule has 0 amide bonds. The monoisotopic (exact) mass is 269 g/mol. The first-order valence-electron chi connectivity index (χ1n) is 5.65. The molecule has 2 rings (SSSR count). The van der Waals surface area contributed by atoms with Crippen molar-refractivity contribution in [1.82, 2.24) is 9.38 Å². The van der Waals surface area contributed by atoms with Gasteiger partial charge >= 0.3 is 0 Å². The Hall–Kier alpha value is -0.710. The number of fused-ring (bicyclic) bond motifs is 1. The molecular formula is C12H16ClN3S. The summed E-state index contributed by atoms with van der Waals surface area (Å²) < 4.78 is 1.96. The fourth-order valence-corrected chi connectivity index (χ4v) is 2.69. The third-order valence-electron chi connectivity index (χ3n) is 2.57. The molecule has 0 aliphatic carbocycles. The predicted octanol–water partition coefficient (Wildman–Crippen LogP) is 2.96. The highest BCUT2D eigenvalue weighted by Gasteiger charge is 2.04. The molecule has 0 bridgehead atoms. The van der Waals surface area contributed by atoms with Gasteiger partial charge in [-0.15, -0.1) is 0 Å². The van der Waals surface area contributed by atoms with Gasteiger partial charge in [0.05, 0.1) is 10.7 Å². The van der Waals surface area contributed by atoms with Crippen LogP contribution in [-0.2, 0) is 5.75 Å². The minimum atomic E-state index is 0.284. The molecule has 2 aromatic heterocycles. The molecule has 0 aliphatic rings. The van der Waals surface area contributed by atoms with Crippen molar-refractivity contribution in [3.8, 4) is 0 Å². The summed E-state index contributed by atoms with van der Waals surface area (Å²) in [7, 11) is 0. The number of aromatic nitrogens is 2. The SMILES string of the molecule is CCC(N)CSCc1cn2cc(Cl)ccc2n1. The molecule has 3 nitrogen and oxygen atoms in total. The third-order valence-corrected chi connectivity index (χ3v) is 3.96. The largest absolute Gasteiger partial charge is 0.327 e. The lowest BCUT2D eigenvalue weighted by Crippen LogP contribution is -2.21. The van der Waals surface area contributed by atoms with E-state index in [1.807, 2.05) is 40.7 Å². The van der Waals surface area contributed by atoms with Gasteiger partial charge in [-0.25, -0.2) is 4.98 Å². The van der Waals surface area contributed by atoms with Crippen LogP contribution >= 0.6 is 23.4 Å². The van der Waals surface area contributed by atoms with E-state index in [1.165, 1.54) is 0 Å². The molecule has 0 aliphatic heterocycles. The molecule has 0 saturated carbocycles. The zero-order valence-electron chi connectivity index (χ0n) is 9.77. The van der Waals surface area contributed by atoms with Crippen molar-refractivity contribution >= 4 is 29.0 Å². The smallest absolute Gasteiger partial charge is 0.137 e. The summed E-state index contributed by atoms with van der Waals surface area (Å²) >= 11 is 7.75. The topological polar surface area (TPSA) is 43.3 Å². The summed E-state index contributed by atoms with van der Waals surface area (Å²) in [5.74, 6) is 1.87. The Morgan fingerprint density at radius 3 is 3.06 bits per heavy atom. The van der Waals surface area contributed by atoms with Crippen LogP contribution in [0.2, 0.25) is 5.02 Å². The van der Waals surface area contributed by atoms with Crippen LogP contribution in [0.25, 0.3) is 5.65 Å². The van der Waals surface area contributed by atoms with E-state index < -0.39 is 0 Å². The van der Waals surface area contributed by atoms with Crippen LogP contribution in [-0.4, -0.2) is 21.2 Å². The van der Waals surface area contributed by atoms with E-state index in [1.54, 1.807) is 0 Å². The van der Waals surface area contributed by atoms with Gasteiger partial charge in [0.2, 0.25) is 0 Å². The highest BCUT2D eigenvalue weighted by Crippen LogP contribution is 2.16. The predicted molar refractivity (Wildman–Crippen MR) is 74.6 cm³/mol. The van der Waals surface area contributed by atoms with Gasteiger partial charge in [0, 0.05) is 29.9 Å². The molecule has 2 aromatic rings. The van der Waals surface area contributed by atoms with Gasteiger partial charge in [0.15, 0.2) is 0 Å². The summed E-state index contributed by atoms with van der Waals surface area (Å²) in [6.45, 7) is 2.11. The third kappa shape index (κ3) is 3.37. The quantitative estimate of drug-likeness (QED) is 0.908. The van der Waals surface area contributed by atoms with Crippen molar-refractivity contribution < 1.29 is 0 Å². The van der Waals surface area contributed by atoms with Gasteiger partial charge < -0.3 is 10.1 Å². The van der Waals surface area contributed by atoms with Crippen LogP contribution in [0.4, 0.5) is 0 Å². The molecule has 17 heavy (non-hydrogen) atoms. The maximum Gasteiger partial charge on any atom is 0.137 e. The van der Waals surface area contributed by atoms with Gasteiger partial charge in [0.25, 0.3) is 0 Å². The van der Waals surface area contributed by atoms with E-state index in [4.69, 9.17) is 17.3 Å². The van der Waals surface area contributed by atoms with Crippen LogP contribution in [0.3, 0.4) is 0 Å². The zero-order chi connectivity index (χ0) is 12.3. The highest BCUT2D eigenvalue weighted by molar-refractivity contribution is 7.98. The van der Waals surface area contributed by atoms with E-state index >= 15 is 0 Å². The van der Waals surface area contributed by atoms with Crippen molar-refractivity contribution in [2.45, 2.75) is 25.1 Å². The Kier molecular flexibility index (Phi) is 4.31. The van der Waals surface area contributed by atoms with Gasteiger partial charge in [-0.3, -0.25) is 0 Å². The summed E-state index contributed by atoms with van der Waals surface area (Å²) in [5, 5.41) is 0.724. The molecule has 2 heterocycles. The van der Waals surface area contributed by atoms with Gasteiger partial charge in [-0.2, -0.15) is 11.8 Å². The van der Waals surface area contributed by atoms with Crippen molar-refractivity contribution in [1.29, 1.82) is 0 Å². The van der Waals surface area contributed by atoms with E-state index in [-0.39, 0.29) is 6.04 Å². The molecule has 0 aromatic carbocycles. The summed E-state index contributed by atoms with van der Waals surface area (Å²) in [5.41, 5.74) is 7.87. The molecule has 5 heteroatoms. The molecule has 0 spiro atoms. The lowest BCUT2D eigenvalue weighted by Gasteiger charge is -2.06. The van der Waals surface area contributed by atoms with Gasteiger partial charge in [-0.1, -0.05) is 18.5 Å². The van der Waals surface area contributed by atoms with Crippen LogP contribution in [0.5, 0.6) is 0 Å². The van der Waals surface area contributed by atoms with Gasteiger partial charge in [0.1, 0.15) is 5.65 Å². The number of hydrogen-bond donors (Lipinski definition) is 1. The minimum Gasteiger partial charge on any atom is -0.327 e. The maximum absolute atomic E-state index is 5.92. The Morgan fingerprint density at radius 2 is 2.29 bits per heavy atom. The number of thioether (sulfide) groups is 1. The van der Waals surface area contributed by atoms with E-state index in [0.717, 1.165) is 34.3 Å². The van der Waals surface area contributed by atoms with Crippen LogP contribution in [0.1, 0.15) is 19.0 Å². The van der Waals surface area contributed by atoms with Crippen LogP contribution in [0, 0.1) is 0 Å². The highest BCUT2D eigenvalue weighted by atomic mass is 35.5. The fraction of sp³-hybridized carbons (Fsp3) is 0.417. The second kappa shape index (κ2) is 5.76. The molecule has 92 valence electrons. The first-order chi connectivity index (χ1) is 8.19. The Morgan fingerprint density at radius 1 is 1.47 bits per heavy atom. The minimum absolute atomic E-state index is 0.284. The van der Waals surface area contributed by atoms with Crippen LogP contribution < -0.4 is 5.73 Å². The van der Waals surface area contributed by atoms with E-state index in [0.29, 0.717) is 0 Å². The van der Waals surface area contributed by atoms with Crippen molar-refractivity contribution in [3.05, 3.63) is 35.2 Å². The lowest BCUT2D eigenvalue weighted by atomic mass is 10.3. The summed E-state index contributed by atoms with van der Waals surface area (Å²) in [6, 6.07) is 4.06. The van der Waals surface area contributed by atoms with Crippen molar-refractivity contribution in [3.63, 3.8) is 0 Å². The number of rotatable bonds is 5. The fourth-order valence-electron chi connectivity index (χ4n) is 1.52. The van der Waals surface area contributed by atoms with Crippen molar-refractivity contribution in [2.75, 3.05) is 5.75 Å². The molecular weight excluding hydrogens is 254 g/mol. The first kappa shape index (κ1) is 12.7. The van der Waals surface area contributed by atoms with Gasteiger partial charge in [-0.05, 0) is 18.6 Å². The zero-order valence-corrected chi connectivity index (χ0v) is 11.3. The number of hydrogen-bond acceptors (Lipinski definition) is 3. The number of imidazole rings is 1. The summed E-state index contributed by atoms with van der Waals surface area (Å²) in [6.07, 6.45) is 4.91. The molecule has 2 N–H and O–H groups in total. The Bertz CT molecular complexity index is 497. The summed E-state index contributed by atoms with van der Waals surface area (Å²) in [4.78, 5) is 4.52. The second-order valence-electron chi connectivity index (χ2n) is 4.03. The Balaban J connectivity index is 1.99. The maximum atomic E-state index is 5.92. The van der Waals surface area contributed by atoms with Crippen LogP contribution in [0.15, 0.2) is 24.5 Å². The first-order valence-corrected chi connectivity index (χ1v) is 7.18. The standard InChI is InChI=1S/C12H16ClN3S/c1-2-10(14)7-17-8-11-6-16-5-9(13)3-4-12(16)15-11/h3-6,10H,2,7-8,14H2,1H3. The lowest BCUT2D eigenvalue weighted by molar-refractivity contribution is 0.724. The second-order valence-corrected chi connectivity index (χ2v) is 5.50. The molecule has 0 radical (unpaired) electrons. The Labute approximate surface area is 110 Å². The van der Waals surface area contributed by atoms with E-state index in [2.05, 4.69) is 11.9 Å². The average molecular weight is 270 g/mol.